The van der Waals surface area contributed by atoms with Crippen LogP contribution in [0.4, 0.5) is 11.4 Å². The van der Waals surface area contributed by atoms with Crippen molar-refractivity contribution >= 4 is 11.4 Å². The van der Waals surface area contributed by atoms with Crippen LogP contribution in [0.3, 0.4) is 0 Å². The molecule has 0 heterocycles. The first-order valence-corrected chi connectivity index (χ1v) is 4.25. The Labute approximate surface area is 78.4 Å². The summed E-state index contributed by atoms with van der Waals surface area (Å²) in [6.07, 6.45) is 0. The Kier molecular flexibility index (Phi) is 3.15. The van der Waals surface area contributed by atoms with Crippen molar-refractivity contribution in [3.8, 4) is 6.07 Å². The van der Waals surface area contributed by atoms with Crippen LogP contribution in [-0.4, -0.2) is 13.1 Å². The topological polar surface area (TPSA) is 53.0 Å². The monoisotopic (exact) mass is 175 g/mol. The van der Waals surface area contributed by atoms with Crippen LogP contribution in [0.5, 0.6) is 0 Å². The Bertz CT molecular complexity index is 314. The number of nitriles is 1. The summed E-state index contributed by atoms with van der Waals surface area (Å²) >= 11 is 0. The lowest BCUT2D eigenvalue weighted by molar-refractivity contribution is 0.912. The van der Waals surface area contributed by atoms with Gasteiger partial charge in [-0.15, -0.1) is 0 Å². The van der Waals surface area contributed by atoms with E-state index in [0.717, 1.165) is 17.9 Å². The first kappa shape index (κ1) is 9.40. The normalized spacial score (nSPS) is 9.23. The molecule has 13 heavy (non-hydrogen) atoms. The van der Waals surface area contributed by atoms with Crippen LogP contribution in [-0.2, 0) is 0 Å². The number of nitrogen functional groups attached to an aromatic ring is 1. The predicted octanol–water partition coefficient (Wildman–Crippen LogP) is 1.62. The van der Waals surface area contributed by atoms with Crippen molar-refractivity contribution in [1.29, 1.82) is 5.26 Å². The van der Waals surface area contributed by atoms with Gasteiger partial charge in [-0.05, 0) is 25.1 Å². The predicted molar refractivity (Wildman–Crippen MR) is 54.4 cm³/mol. The summed E-state index contributed by atoms with van der Waals surface area (Å²) < 4.78 is 0. The summed E-state index contributed by atoms with van der Waals surface area (Å²) in [7, 11) is 0. The number of hydrogen-bond acceptors (Lipinski definition) is 3. The molecule has 0 aliphatic heterocycles. The molecular formula is C10H13N3. The Hall–Kier alpha value is -1.69. The van der Waals surface area contributed by atoms with E-state index in [2.05, 4.69) is 6.07 Å². The Morgan fingerprint density at radius 1 is 1.54 bits per heavy atom. The van der Waals surface area contributed by atoms with Crippen molar-refractivity contribution in [1.82, 2.24) is 0 Å². The Balaban J connectivity index is 2.86. The van der Waals surface area contributed by atoms with Gasteiger partial charge in [0.05, 0.1) is 6.07 Å². The second-order valence-electron chi connectivity index (χ2n) is 2.77. The fourth-order valence-electron chi connectivity index (χ4n) is 1.19. The standard InChI is InChI=1S/C10H13N3/c1-2-13(7-6-11)10-5-3-4-9(12)8-10/h3-5,8H,2,7,12H2,1H3. The van der Waals surface area contributed by atoms with Crippen molar-refractivity contribution in [3.05, 3.63) is 24.3 Å². The fraction of sp³-hybridized carbons (Fsp3) is 0.300. The minimum absolute atomic E-state index is 0.403. The van der Waals surface area contributed by atoms with Gasteiger partial charge in [-0.3, -0.25) is 0 Å². The molecule has 0 amide bonds. The molecule has 3 nitrogen and oxygen atoms in total. The molecule has 2 N–H and O–H groups in total. The van der Waals surface area contributed by atoms with Gasteiger partial charge in [0, 0.05) is 17.9 Å². The quantitative estimate of drug-likeness (QED) is 0.561. The lowest BCUT2D eigenvalue weighted by Gasteiger charge is -2.19. The van der Waals surface area contributed by atoms with E-state index in [0.29, 0.717) is 6.54 Å². The van der Waals surface area contributed by atoms with E-state index in [1.165, 1.54) is 0 Å². The fourth-order valence-corrected chi connectivity index (χ4v) is 1.19. The van der Waals surface area contributed by atoms with Gasteiger partial charge in [0.25, 0.3) is 0 Å². The molecule has 0 aliphatic rings. The maximum Gasteiger partial charge on any atom is 0.105 e. The zero-order valence-corrected chi connectivity index (χ0v) is 7.70. The summed E-state index contributed by atoms with van der Waals surface area (Å²) in [6.45, 7) is 3.23. The molecule has 1 aromatic carbocycles. The third kappa shape index (κ3) is 2.38. The SMILES string of the molecule is CCN(CC#N)c1cccc(N)c1. The minimum atomic E-state index is 0.403. The highest BCUT2D eigenvalue weighted by Gasteiger charge is 2.02. The molecular weight excluding hydrogens is 162 g/mol. The lowest BCUT2D eigenvalue weighted by atomic mass is 10.2. The summed E-state index contributed by atoms with van der Waals surface area (Å²) in [5.41, 5.74) is 7.37. The highest BCUT2D eigenvalue weighted by Crippen LogP contribution is 2.16. The van der Waals surface area contributed by atoms with Gasteiger partial charge >= 0.3 is 0 Å². The van der Waals surface area contributed by atoms with Gasteiger partial charge in [0.2, 0.25) is 0 Å². The van der Waals surface area contributed by atoms with E-state index in [1.54, 1.807) is 0 Å². The summed E-state index contributed by atoms with van der Waals surface area (Å²) in [5.74, 6) is 0. The third-order valence-corrected chi connectivity index (χ3v) is 1.88. The van der Waals surface area contributed by atoms with E-state index in [-0.39, 0.29) is 0 Å². The van der Waals surface area contributed by atoms with Crippen LogP contribution in [0, 0.1) is 11.3 Å². The van der Waals surface area contributed by atoms with Gasteiger partial charge in [0.1, 0.15) is 6.54 Å². The van der Waals surface area contributed by atoms with Crippen molar-refractivity contribution in [3.63, 3.8) is 0 Å². The number of benzene rings is 1. The molecule has 0 saturated heterocycles. The van der Waals surface area contributed by atoms with Gasteiger partial charge in [-0.1, -0.05) is 6.07 Å². The van der Waals surface area contributed by atoms with Crippen LogP contribution >= 0.6 is 0 Å². The first-order valence-electron chi connectivity index (χ1n) is 4.25. The van der Waals surface area contributed by atoms with Crippen molar-refractivity contribution in [2.75, 3.05) is 23.7 Å². The second kappa shape index (κ2) is 4.36. The van der Waals surface area contributed by atoms with Crippen LogP contribution in [0.15, 0.2) is 24.3 Å². The van der Waals surface area contributed by atoms with Gasteiger partial charge in [-0.25, -0.2) is 0 Å². The smallest absolute Gasteiger partial charge is 0.105 e. The molecule has 1 aromatic rings. The summed E-state index contributed by atoms with van der Waals surface area (Å²) in [6, 6.07) is 9.68. The zero-order valence-electron chi connectivity index (χ0n) is 7.70. The van der Waals surface area contributed by atoms with Crippen LogP contribution in [0.1, 0.15) is 6.92 Å². The van der Waals surface area contributed by atoms with E-state index in [1.807, 2.05) is 36.1 Å². The summed E-state index contributed by atoms with van der Waals surface area (Å²) in [4.78, 5) is 1.97. The summed E-state index contributed by atoms with van der Waals surface area (Å²) in [5, 5.41) is 8.58. The van der Waals surface area contributed by atoms with Crippen molar-refractivity contribution < 1.29 is 0 Å². The molecule has 0 aliphatic carbocycles. The number of nitrogens with two attached hydrogens (primary N) is 1. The highest BCUT2D eigenvalue weighted by molar-refractivity contribution is 5.56. The number of anilines is 2. The van der Waals surface area contributed by atoms with Gasteiger partial charge < -0.3 is 10.6 Å². The van der Waals surface area contributed by atoms with Crippen LogP contribution in [0.2, 0.25) is 0 Å². The van der Waals surface area contributed by atoms with Gasteiger partial charge in [0.15, 0.2) is 0 Å². The molecule has 0 bridgehead atoms. The molecule has 0 atom stereocenters. The Morgan fingerprint density at radius 3 is 2.85 bits per heavy atom. The number of rotatable bonds is 3. The van der Waals surface area contributed by atoms with E-state index < -0.39 is 0 Å². The molecule has 0 saturated carbocycles. The lowest BCUT2D eigenvalue weighted by Crippen LogP contribution is -2.22. The van der Waals surface area contributed by atoms with E-state index >= 15 is 0 Å². The molecule has 0 fully saturated rings. The number of nitrogens with zero attached hydrogens (tertiary/aromatic N) is 2. The number of hydrogen-bond donors (Lipinski definition) is 1. The molecule has 0 spiro atoms. The van der Waals surface area contributed by atoms with Crippen molar-refractivity contribution in [2.45, 2.75) is 6.92 Å². The van der Waals surface area contributed by atoms with Gasteiger partial charge in [-0.2, -0.15) is 5.26 Å². The second-order valence-corrected chi connectivity index (χ2v) is 2.77. The molecule has 68 valence electrons. The molecule has 0 unspecified atom stereocenters. The maximum absolute atomic E-state index is 8.58. The average molecular weight is 175 g/mol. The Morgan fingerprint density at radius 2 is 2.31 bits per heavy atom. The zero-order chi connectivity index (χ0) is 9.68. The maximum atomic E-state index is 8.58. The molecule has 1 rings (SSSR count). The molecule has 0 radical (unpaired) electrons. The highest BCUT2D eigenvalue weighted by atomic mass is 15.1. The minimum Gasteiger partial charge on any atom is -0.399 e. The average Bonchev–Trinajstić information content (AvgIpc) is 2.14. The first-order chi connectivity index (χ1) is 6.27. The van der Waals surface area contributed by atoms with Crippen molar-refractivity contribution in [2.24, 2.45) is 0 Å². The van der Waals surface area contributed by atoms with Crippen LogP contribution in [0.25, 0.3) is 0 Å². The van der Waals surface area contributed by atoms with Crippen LogP contribution < -0.4 is 10.6 Å². The largest absolute Gasteiger partial charge is 0.399 e. The molecule has 3 heteroatoms. The third-order valence-electron chi connectivity index (χ3n) is 1.88. The van der Waals surface area contributed by atoms with E-state index in [9.17, 15) is 0 Å². The van der Waals surface area contributed by atoms with E-state index in [4.69, 9.17) is 11.0 Å². The molecule has 0 aromatic heterocycles.